The van der Waals surface area contributed by atoms with Crippen molar-refractivity contribution in [2.24, 2.45) is 7.05 Å². The Kier molecular flexibility index (Phi) is 2.35. The Morgan fingerprint density at radius 1 is 1.32 bits per heavy atom. The molecule has 1 aliphatic heterocycles. The normalized spacial score (nSPS) is 11.0. The molecule has 0 amide bonds. The molecular weight excluding hydrogens is 242 g/mol. The van der Waals surface area contributed by atoms with Crippen molar-refractivity contribution < 1.29 is 9.90 Å². The van der Waals surface area contributed by atoms with E-state index in [-0.39, 0.29) is 5.56 Å². The molecule has 94 valence electrons. The zero-order valence-corrected chi connectivity index (χ0v) is 10.2. The molecule has 1 aromatic carbocycles. The molecule has 5 heteroatoms. The standard InChI is InChI=1S/C14H11N3O2/c1-17-11-4-2-3-9(14(18)19)13(11)16-10-6-5-8(15)7-12(10)17/h2-7,15H,1H3,(H,18,19)/p-1. The number of hydrogen-bond donors (Lipinski definition) is 1. The number of benzene rings is 2. The second-order valence-corrected chi connectivity index (χ2v) is 4.34. The van der Waals surface area contributed by atoms with Gasteiger partial charge in [-0.2, -0.15) is 0 Å². The van der Waals surface area contributed by atoms with Crippen LogP contribution in [-0.2, 0) is 7.05 Å². The average Bonchev–Trinajstić information content (AvgIpc) is 2.39. The molecule has 2 aliphatic rings. The van der Waals surface area contributed by atoms with Gasteiger partial charge in [-0.05, 0) is 24.3 Å². The first-order chi connectivity index (χ1) is 9.08. The van der Waals surface area contributed by atoms with Gasteiger partial charge in [0.25, 0.3) is 0 Å². The van der Waals surface area contributed by atoms with Crippen molar-refractivity contribution >= 4 is 17.0 Å². The maximum atomic E-state index is 11.1. The van der Waals surface area contributed by atoms with Gasteiger partial charge in [-0.1, -0.05) is 12.1 Å². The predicted molar refractivity (Wildman–Crippen MR) is 67.5 cm³/mol. The number of para-hydroxylation sites is 1. The van der Waals surface area contributed by atoms with Gasteiger partial charge < -0.3 is 19.9 Å². The van der Waals surface area contributed by atoms with Crippen molar-refractivity contribution in [1.82, 2.24) is 9.55 Å². The van der Waals surface area contributed by atoms with Crippen LogP contribution in [0.4, 0.5) is 0 Å². The van der Waals surface area contributed by atoms with E-state index in [2.05, 4.69) is 4.98 Å². The summed E-state index contributed by atoms with van der Waals surface area (Å²) in [7, 11) is 1.82. The number of aromatic nitrogens is 2. The smallest absolute Gasteiger partial charge is 0.0965 e. The molecule has 3 rings (SSSR count). The maximum Gasteiger partial charge on any atom is 0.0965 e. The van der Waals surface area contributed by atoms with Gasteiger partial charge in [0.1, 0.15) is 0 Å². The first-order valence-electron chi connectivity index (χ1n) is 5.73. The van der Waals surface area contributed by atoms with Gasteiger partial charge in [-0.3, -0.25) is 0 Å². The van der Waals surface area contributed by atoms with Crippen LogP contribution in [0.5, 0.6) is 0 Å². The van der Waals surface area contributed by atoms with Gasteiger partial charge in [-0.25, -0.2) is 4.98 Å². The molecular formula is C14H10N3O2-. The highest BCUT2D eigenvalue weighted by Crippen LogP contribution is 2.24. The lowest BCUT2D eigenvalue weighted by molar-refractivity contribution is -0.254. The van der Waals surface area contributed by atoms with E-state index in [0.29, 0.717) is 22.1 Å². The van der Waals surface area contributed by atoms with E-state index in [1.54, 1.807) is 30.3 Å². The lowest BCUT2D eigenvalue weighted by Crippen LogP contribution is -2.23. The Morgan fingerprint density at radius 2 is 2.11 bits per heavy atom. The lowest BCUT2D eigenvalue weighted by Gasteiger charge is -2.16. The van der Waals surface area contributed by atoms with Gasteiger partial charge in [0.05, 0.1) is 33.7 Å². The minimum absolute atomic E-state index is 0.0740. The summed E-state index contributed by atoms with van der Waals surface area (Å²) >= 11 is 0. The number of carbonyl (C=O) groups excluding carboxylic acids is 1. The summed E-state index contributed by atoms with van der Waals surface area (Å²) in [5, 5.41) is 19.2. The largest absolute Gasteiger partial charge is 0.545 e. The van der Waals surface area contributed by atoms with Crippen LogP contribution >= 0.6 is 0 Å². The van der Waals surface area contributed by atoms with E-state index in [0.717, 1.165) is 5.69 Å². The minimum atomic E-state index is -1.24. The number of fused-ring (bicyclic) bond motifs is 2. The van der Waals surface area contributed by atoms with Crippen molar-refractivity contribution in [3.8, 4) is 11.4 Å². The Morgan fingerprint density at radius 3 is 2.84 bits per heavy atom. The maximum absolute atomic E-state index is 11.1. The molecule has 1 aromatic rings. The number of nitrogens with zero attached hydrogens (tertiary/aromatic N) is 2. The van der Waals surface area contributed by atoms with Gasteiger partial charge in [-0.15, -0.1) is 0 Å². The summed E-state index contributed by atoms with van der Waals surface area (Å²) in [5.74, 6) is -1.24. The van der Waals surface area contributed by atoms with Crippen molar-refractivity contribution in [3.05, 3.63) is 47.3 Å². The molecule has 0 aromatic heterocycles. The fraction of sp³-hybridized carbons (Fsp3) is 0.0714. The molecule has 0 spiro atoms. The molecule has 0 radical (unpaired) electrons. The van der Waals surface area contributed by atoms with Crippen LogP contribution in [0, 0.1) is 5.41 Å². The summed E-state index contributed by atoms with van der Waals surface area (Å²) in [6, 6.07) is 9.98. The molecule has 0 saturated heterocycles. The second kappa shape index (κ2) is 3.91. The molecule has 1 heterocycles. The summed E-state index contributed by atoms with van der Waals surface area (Å²) in [6.45, 7) is 0. The Bertz CT molecular complexity index is 836. The zero-order valence-electron chi connectivity index (χ0n) is 10.2. The van der Waals surface area contributed by atoms with E-state index >= 15 is 0 Å². The molecule has 19 heavy (non-hydrogen) atoms. The molecule has 0 atom stereocenters. The Labute approximate surface area is 108 Å². The number of carboxylic acid groups (broad SMARTS) is 1. The van der Waals surface area contributed by atoms with Crippen LogP contribution in [0.2, 0.25) is 0 Å². The highest BCUT2D eigenvalue weighted by Gasteiger charge is 2.12. The second-order valence-electron chi connectivity index (χ2n) is 4.34. The molecule has 1 aliphatic carbocycles. The van der Waals surface area contributed by atoms with Gasteiger partial charge in [0, 0.05) is 12.6 Å². The van der Waals surface area contributed by atoms with Crippen LogP contribution in [0.15, 0.2) is 36.4 Å². The number of hydrogen-bond acceptors (Lipinski definition) is 4. The highest BCUT2D eigenvalue weighted by molar-refractivity contribution is 6.00. The lowest BCUT2D eigenvalue weighted by atomic mass is 10.1. The van der Waals surface area contributed by atoms with Gasteiger partial charge >= 0.3 is 0 Å². The first kappa shape index (κ1) is 11.4. The van der Waals surface area contributed by atoms with Crippen molar-refractivity contribution in [2.45, 2.75) is 0 Å². The van der Waals surface area contributed by atoms with Gasteiger partial charge in [0.15, 0.2) is 0 Å². The predicted octanol–water partition coefficient (Wildman–Crippen LogP) is 0.521. The minimum Gasteiger partial charge on any atom is -0.545 e. The van der Waals surface area contributed by atoms with E-state index < -0.39 is 5.97 Å². The molecule has 0 bridgehead atoms. The third kappa shape index (κ3) is 1.67. The van der Waals surface area contributed by atoms with Crippen molar-refractivity contribution in [3.63, 3.8) is 0 Å². The quantitative estimate of drug-likeness (QED) is 0.641. The average molecular weight is 252 g/mol. The number of carboxylic acids is 1. The van der Waals surface area contributed by atoms with Crippen LogP contribution in [0.25, 0.3) is 22.4 Å². The highest BCUT2D eigenvalue weighted by atomic mass is 16.4. The number of aromatic carboxylic acids is 1. The van der Waals surface area contributed by atoms with E-state index in [1.165, 1.54) is 6.07 Å². The van der Waals surface area contributed by atoms with Crippen LogP contribution in [-0.4, -0.2) is 15.5 Å². The molecule has 0 saturated carbocycles. The Hall–Kier alpha value is -2.69. The van der Waals surface area contributed by atoms with Crippen LogP contribution < -0.4 is 10.5 Å². The number of rotatable bonds is 1. The van der Waals surface area contributed by atoms with E-state index in [9.17, 15) is 9.90 Å². The summed E-state index contributed by atoms with van der Waals surface area (Å²) in [5.41, 5.74) is 2.61. The first-order valence-corrected chi connectivity index (χ1v) is 5.73. The van der Waals surface area contributed by atoms with Crippen LogP contribution in [0.3, 0.4) is 0 Å². The van der Waals surface area contributed by atoms with Gasteiger partial charge in [0.2, 0.25) is 0 Å². The summed E-state index contributed by atoms with van der Waals surface area (Å²) < 4.78 is 1.84. The summed E-state index contributed by atoms with van der Waals surface area (Å²) in [6.07, 6.45) is 0. The number of aryl methyl sites for hydroxylation is 1. The van der Waals surface area contributed by atoms with E-state index in [1.807, 2.05) is 11.6 Å². The van der Waals surface area contributed by atoms with E-state index in [4.69, 9.17) is 5.41 Å². The van der Waals surface area contributed by atoms with Crippen LogP contribution in [0.1, 0.15) is 10.4 Å². The topological polar surface area (TPSA) is 81.8 Å². The SMILES string of the molecule is Cn1c2cc(=N)ccc-2nc2c(C(=O)[O-])cccc21. The molecule has 0 fully saturated rings. The third-order valence-corrected chi connectivity index (χ3v) is 3.17. The molecule has 0 unspecified atom stereocenters. The Balaban J connectivity index is 2.54. The molecule has 1 N–H and O–H groups in total. The zero-order chi connectivity index (χ0) is 13.6. The fourth-order valence-electron chi connectivity index (χ4n) is 2.22. The van der Waals surface area contributed by atoms with Crippen molar-refractivity contribution in [1.29, 1.82) is 5.41 Å². The fourth-order valence-corrected chi connectivity index (χ4v) is 2.22. The number of carbonyl (C=O) groups is 1. The number of nitrogens with one attached hydrogen (secondary N) is 1. The van der Waals surface area contributed by atoms with Crippen molar-refractivity contribution in [2.75, 3.05) is 0 Å². The summed E-state index contributed by atoms with van der Waals surface area (Å²) in [4.78, 5) is 15.5. The molecule has 5 nitrogen and oxygen atoms in total. The monoisotopic (exact) mass is 252 g/mol. The third-order valence-electron chi connectivity index (χ3n) is 3.17.